The highest BCUT2D eigenvalue weighted by Gasteiger charge is 2.15. The lowest BCUT2D eigenvalue weighted by Crippen LogP contribution is -2.27. The second-order valence-electron chi connectivity index (χ2n) is 8.38. The minimum atomic E-state index is 0.850. The van der Waals surface area contributed by atoms with Gasteiger partial charge in [0.2, 0.25) is 0 Å². The summed E-state index contributed by atoms with van der Waals surface area (Å²) in [7, 11) is 0. The van der Waals surface area contributed by atoms with E-state index in [4.69, 9.17) is 4.74 Å². The first kappa shape index (κ1) is 19.5. The SMILES string of the molecule is c1ccc(CN2CCc3ccc(OCCCC4CCNCC4)cc3CC2)cc1. The van der Waals surface area contributed by atoms with Crippen molar-refractivity contribution in [2.45, 2.75) is 45.1 Å². The van der Waals surface area contributed by atoms with Crippen LogP contribution >= 0.6 is 0 Å². The molecule has 0 unspecified atom stereocenters. The van der Waals surface area contributed by atoms with Gasteiger partial charge in [0.1, 0.15) is 5.75 Å². The van der Waals surface area contributed by atoms with Crippen molar-refractivity contribution in [3.8, 4) is 5.75 Å². The van der Waals surface area contributed by atoms with Crippen molar-refractivity contribution in [2.24, 2.45) is 5.92 Å². The summed E-state index contributed by atoms with van der Waals surface area (Å²) in [5.41, 5.74) is 4.38. The van der Waals surface area contributed by atoms with Gasteiger partial charge in [0.25, 0.3) is 0 Å². The molecule has 1 N–H and O–H groups in total. The lowest BCUT2D eigenvalue weighted by Gasteiger charge is -2.22. The number of hydrogen-bond acceptors (Lipinski definition) is 3. The molecule has 150 valence electrons. The van der Waals surface area contributed by atoms with Gasteiger partial charge in [-0.3, -0.25) is 4.90 Å². The maximum atomic E-state index is 6.10. The Kier molecular flexibility index (Phi) is 7.01. The van der Waals surface area contributed by atoms with Crippen LogP contribution in [0.1, 0.15) is 42.4 Å². The molecular weight excluding hydrogens is 344 g/mol. The summed E-state index contributed by atoms with van der Waals surface area (Å²) in [5.74, 6) is 1.95. The first-order valence-corrected chi connectivity index (χ1v) is 11.1. The van der Waals surface area contributed by atoms with E-state index in [1.807, 2.05) is 0 Å². The van der Waals surface area contributed by atoms with Gasteiger partial charge in [-0.25, -0.2) is 0 Å². The molecule has 0 spiro atoms. The fraction of sp³-hybridized carbons (Fsp3) is 0.520. The Morgan fingerprint density at radius 3 is 2.54 bits per heavy atom. The Labute approximate surface area is 170 Å². The average Bonchev–Trinajstić information content (AvgIpc) is 2.95. The molecule has 0 saturated carbocycles. The highest BCUT2D eigenvalue weighted by molar-refractivity contribution is 5.37. The van der Waals surface area contributed by atoms with Crippen LogP contribution in [0.25, 0.3) is 0 Å². The number of fused-ring (bicyclic) bond motifs is 1. The molecular formula is C25H34N2O. The zero-order valence-corrected chi connectivity index (χ0v) is 17.0. The van der Waals surface area contributed by atoms with Gasteiger partial charge in [-0.2, -0.15) is 0 Å². The summed E-state index contributed by atoms with van der Waals surface area (Å²) in [4.78, 5) is 2.58. The average molecular weight is 379 g/mol. The van der Waals surface area contributed by atoms with Crippen molar-refractivity contribution in [1.82, 2.24) is 10.2 Å². The van der Waals surface area contributed by atoms with Gasteiger partial charge in [0, 0.05) is 19.6 Å². The van der Waals surface area contributed by atoms with Crippen LogP contribution in [-0.2, 0) is 19.4 Å². The van der Waals surface area contributed by atoms with Gasteiger partial charge in [0.15, 0.2) is 0 Å². The normalized spacial score (nSPS) is 18.4. The van der Waals surface area contributed by atoms with Gasteiger partial charge >= 0.3 is 0 Å². The molecule has 2 heterocycles. The molecule has 0 aromatic heterocycles. The zero-order chi connectivity index (χ0) is 19.0. The van der Waals surface area contributed by atoms with Crippen LogP contribution in [0.15, 0.2) is 48.5 Å². The number of rotatable bonds is 7. The number of nitrogens with zero attached hydrogens (tertiary/aromatic N) is 1. The Bertz CT molecular complexity index is 725. The molecule has 3 heteroatoms. The van der Waals surface area contributed by atoms with Crippen LogP contribution in [-0.4, -0.2) is 37.7 Å². The maximum Gasteiger partial charge on any atom is 0.119 e. The second kappa shape index (κ2) is 10.1. The van der Waals surface area contributed by atoms with E-state index in [9.17, 15) is 0 Å². The lowest BCUT2D eigenvalue weighted by atomic mass is 9.93. The van der Waals surface area contributed by atoms with Crippen molar-refractivity contribution >= 4 is 0 Å². The number of ether oxygens (including phenoxy) is 1. The summed E-state index contributed by atoms with van der Waals surface area (Å²) in [6.45, 7) is 6.55. The molecule has 2 aliphatic heterocycles. The van der Waals surface area contributed by atoms with Gasteiger partial charge in [0.05, 0.1) is 6.61 Å². The number of benzene rings is 2. The minimum Gasteiger partial charge on any atom is -0.494 e. The summed E-state index contributed by atoms with van der Waals surface area (Å²) in [5, 5.41) is 3.45. The molecule has 4 rings (SSSR count). The van der Waals surface area contributed by atoms with E-state index >= 15 is 0 Å². The molecule has 2 aromatic rings. The fourth-order valence-corrected chi connectivity index (χ4v) is 4.57. The molecule has 28 heavy (non-hydrogen) atoms. The van der Waals surface area contributed by atoms with E-state index in [1.165, 1.54) is 55.5 Å². The van der Waals surface area contributed by atoms with Crippen molar-refractivity contribution in [2.75, 3.05) is 32.8 Å². The fourth-order valence-electron chi connectivity index (χ4n) is 4.57. The van der Waals surface area contributed by atoms with Gasteiger partial charge < -0.3 is 10.1 Å². The van der Waals surface area contributed by atoms with Crippen molar-refractivity contribution < 1.29 is 4.74 Å². The summed E-state index contributed by atoms with van der Waals surface area (Å²) in [6.07, 6.45) is 7.40. The molecule has 0 radical (unpaired) electrons. The summed E-state index contributed by atoms with van der Waals surface area (Å²) < 4.78 is 6.10. The van der Waals surface area contributed by atoms with E-state index < -0.39 is 0 Å². The third-order valence-corrected chi connectivity index (χ3v) is 6.31. The summed E-state index contributed by atoms with van der Waals surface area (Å²) >= 11 is 0. The number of piperidine rings is 1. The molecule has 2 aromatic carbocycles. The van der Waals surface area contributed by atoms with E-state index in [1.54, 1.807) is 0 Å². The lowest BCUT2D eigenvalue weighted by molar-refractivity contribution is 0.273. The molecule has 3 nitrogen and oxygen atoms in total. The van der Waals surface area contributed by atoms with Crippen LogP contribution in [0.4, 0.5) is 0 Å². The Balaban J connectivity index is 1.25. The largest absolute Gasteiger partial charge is 0.494 e. The van der Waals surface area contributed by atoms with E-state index in [0.717, 1.165) is 50.8 Å². The standard InChI is InChI=1S/C25H34N2O/c1-2-5-22(6-3-1)20-27-16-12-23-8-9-25(19-24(23)13-17-27)28-18-4-7-21-10-14-26-15-11-21/h1-3,5-6,8-9,19,21,26H,4,7,10-18,20H2. The van der Waals surface area contributed by atoms with Crippen LogP contribution in [0.2, 0.25) is 0 Å². The smallest absolute Gasteiger partial charge is 0.119 e. The maximum absolute atomic E-state index is 6.10. The van der Waals surface area contributed by atoms with Gasteiger partial charge in [-0.1, -0.05) is 36.4 Å². The molecule has 0 amide bonds. The van der Waals surface area contributed by atoms with E-state index in [-0.39, 0.29) is 0 Å². The quantitative estimate of drug-likeness (QED) is 0.721. The number of nitrogens with one attached hydrogen (secondary N) is 1. The van der Waals surface area contributed by atoms with Crippen LogP contribution in [0.3, 0.4) is 0 Å². The van der Waals surface area contributed by atoms with Crippen LogP contribution < -0.4 is 10.1 Å². The molecule has 1 saturated heterocycles. The summed E-state index contributed by atoms with van der Waals surface area (Å²) in [6, 6.07) is 17.6. The van der Waals surface area contributed by atoms with Crippen molar-refractivity contribution in [3.63, 3.8) is 0 Å². The molecule has 2 aliphatic rings. The first-order valence-electron chi connectivity index (χ1n) is 11.1. The predicted octanol–water partition coefficient (Wildman–Crippen LogP) is 4.45. The van der Waals surface area contributed by atoms with E-state index in [2.05, 4.69) is 58.7 Å². The topological polar surface area (TPSA) is 24.5 Å². The molecule has 1 fully saturated rings. The first-order chi connectivity index (χ1) is 13.9. The predicted molar refractivity (Wildman–Crippen MR) is 116 cm³/mol. The van der Waals surface area contributed by atoms with Gasteiger partial charge in [-0.05, 0) is 86.4 Å². The Hall–Kier alpha value is -1.84. The monoisotopic (exact) mass is 378 g/mol. The molecule has 0 atom stereocenters. The van der Waals surface area contributed by atoms with Gasteiger partial charge in [-0.15, -0.1) is 0 Å². The highest BCUT2D eigenvalue weighted by Crippen LogP contribution is 2.23. The van der Waals surface area contributed by atoms with Crippen LogP contribution in [0, 0.1) is 5.92 Å². The van der Waals surface area contributed by atoms with Crippen molar-refractivity contribution in [3.05, 3.63) is 65.2 Å². The minimum absolute atomic E-state index is 0.850. The Morgan fingerprint density at radius 2 is 1.71 bits per heavy atom. The van der Waals surface area contributed by atoms with E-state index in [0.29, 0.717) is 0 Å². The number of hydrogen-bond donors (Lipinski definition) is 1. The third kappa shape index (κ3) is 5.59. The molecule has 0 bridgehead atoms. The highest BCUT2D eigenvalue weighted by atomic mass is 16.5. The zero-order valence-electron chi connectivity index (χ0n) is 17.0. The third-order valence-electron chi connectivity index (χ3n) is 6.31. The Morgan fingerprint density at radius 1 is 0.929 bits per heavy atom. The van der Waals surface area contributed by atoms with Crippen molar-refractivity contribution in [1.29, 1.82) is 0 Å². The van der Waals surface area contributed by atoms with Crippen LogP contribution in [0.5, 0.6) is 5.75 Å². The molecule has 0 aliphatic carbocycles. The second-order valence-corrected chi connectivity index (χ2v) is 8.38.